The van der Waals surface area contributed by atoms with Gasteiger partial charge in [-0.2, -0.15) is 23.1 Å². The van der Waals surface area contributed by atoms with E-state index in [0.717, 1.165) is 0 Å². The number of thiophene rings is 1. The number of nitrogens with one attached hydrogen (secondary N) is 1. The molecule has 1 unspecified atom stereocenters. The van der Waals surface area contributed by atoms with Gasteiger partial charge in [-0.1, -0.05) is 0 Å². The van der Waals surface area contributed by atoms with Crippen LogP contribution in [0.1, 0.15) is 18.0 Å². The molecule has 1 rings (SSSR count). The standard InChI is InChI=1S/C9H14BrNS2/c1-11-9(3-4-12-2)7-5-13-6-8(7)10/h5-6,9,11H,3-4H2,1-2H3. The minimum Gasteiger partial charge on any atom is -0.313 e. The van der Waals surface area contributed by atoms with Crippen molar-refractivity contribution in [3.05, 3.63) is 20.8 Å². The van der Waals surface area contributed by atoms with Gasteiger partial charge in [-0.3, -0.25) is 0 Å². The number of rotatable bonds is 5. The molecule has 0 aliphatic heterocycles. The molecular formula is C9H14BrNS2. The van der Waals surface area contributed by atoms with E-state index in [1.807, 2.05) is 18.8 Å². The first kappa shape index (κ1) is 11.6. The van der Waals surface area contributed by atoms with Crippen molar-refractivity contribution in [2.45, 2.75) is 12.5 Å². The van der Waals surface area contributed by atoms with Gasteiger partial charge in [0.05, 0.1) is 0 Å². The van der Waals surface area contributed by atoms with Crippen LogP contribution in [0.5, 0.6) is 0 Å². The van der Waals surface area contributed by atoms with Gasteiger partial charge in [-0.25, -0.2) is 0 Å². The lowest BCUT2D eigenvalue weighted by Crippen LogP contribution is -2.16. The van der Waals surface area contributed by atoms with Crippen molar-refractivity contribution >= 4 is 39.0 Å². The Morgan fingerprint density at radius 3 is 2.85 bits per heavy atom. The van der Waals surface area contributed by atoms with Crippen LogP contribution in [0.15, 0.2) is 15.2 Å². The fourth-order valence-corrected chi connectivity index (χ4v) is 3.33. The molecule has 1 aromatic rings. The zero-order valence-corrected chi connectivity index (χ0v) is 11.1. The van der Waals surface area contributed by atoms with Crippen molar-refractivity contribution < 1.29 is 0 Å². The molecule has 1 N–H and O–H groups in total. The Labute approximate surface area is 96.4 Å². The minimum atomic E-state index is 0.494. The normalized spacial score (nSPS) is 13.2. The molecule has 0 aromatic carbocycles. The molecule has 4 heteroatoms. The lowest BCUT2D eigenvalue weighted by molar-refractivity contribution is 0.581. The van der Waals surface area contributed by atoms with Crippen LogP contribution in [0.3, 0.4) is 0 Å². The highest BCUT2D eigenvalue weighted by Gasteiger charge is 2.12. The zero-order valence-electron chi connectivity index (χ0n) is 7.84. The molecule has 1 heterocycles. The number of hydrogen-bond acceptors (Lipinski definition) is 3. The first-order valence-electron chi connectivity index (χ1n) is 4.17. The van der Waals surface area contributed by atoms with Crippen LogP contribution in [-0.4, -0.2) is 19.1 Å². The molecule has 0 aliphatic carbocycles. The SMILES string of the molecule is CNC(CCSC)c1cscc1Br. The Morgan fingerprint density at radius 1 is 1.62 bits per heavy atom. The van der Waals surface area contributed by atoms with Gasteiger partial charge in [0.2, 0.25) is 0 Å². The predicted octanol–water partition coefficient (Wildman–Crippen LogP) is 3.52. The fraction of sp³-hybridized carbons (Fsp3) is 0.556. The lowest BCUT2D eigenvalue weighted by Gasteiger charge is -2.14. The molecule has 0 radical (unpaired) electrons. The van der Waals surface area contributed by atoms with Crippen LogP contribution in [-0.2, 0) is 0 Å². The summed E-state index contributed by atoms with van der Waals surface area (Å²) >= 11 is 7.21. The third-order valence-electron chi connectivity index (χ3n) is 1.98. The predicted molar refractivity (Wildman–Crippen MR) is 66.8 cm³/mol. The summed E-state index contributed by atoms with van der Waals surface area (Å²) in [5, 5.41) is 7.69. The molecule has 0 fully saturated rings. The summed E-state index contributed by atoms with van der Waals surface area (Å²) in [6.45, 7) is 0. The van der Waals surface area contributed by atoms with Crippen LogP contribution in [0.4, 0.5) is 0 Å². The summed E-state index contributed by atoms with van der Waals surface area (Å²) in [5.41, 5.74) is 1.39. The highest BCUT2D eigenvalue weighted by atomic mass is 79.9. The first-order chi connectivity index (χ1) is 6.29. The summed E-state index contributed by atoms with van der Waals surface area (Å²) in [7, 11) is 2.02. The molecule has 0 bridgehead atoms. The molecule has 0 saturated heterocycles. The summed E-state index contributed by atoms with van der Waals surface area (Å²) in [6.07, 6.45) is 3.34. The second kappa shape index (κ2) is 6.06. The Bertz CT molecular complexity index is 250. The van der Waals surface area contributed by atoms with Gasteiger partial charge in [0.1, 0.15) is 0 Å². The molecule has 1 aromatic heterocycles. The summed E-state index contributed by atoms with van der Waals surface area (Å²) in [6, 6.07) is 0.494. The molecule has 1 nitrogen and oxygen atoms in total. The summed E-state index contributed by atoms with van der Waals surface area (Å²) in [5.74, 6) is 1.20. The van der Waals surface area contributed by atoms with Gasteiger partial charge in [0.15, 0.2) is 0 Å². The molecular weight excluding hydrogens is 266 g/mol. The van der Waals surface area contributed by atoms with Crippen molar-refractivity contribution in [1.82, 2.24) is 5.32 Å². The second-order valence-corrected chi connectivity index (χ2v) is 5.38. The smallest absolute Gasteiger partial charge is 0.0344 e. The van der Waals surface area contributed by atoms with Crippen LogP contribution < -0.4 is 5.32 Å². The minimum absolute atomic E-state index is 0.494. The van der Waals surface area contributed by atoms with Gasteiger partial charge in [-0.15, -0.1) is 0 Å². The van der Waals surface area contributed by atoms with Gasteiger partial charge in [0.25, 0.3) is 0 Å². The van der Waals surface area contributed by atoms with E-state index in [2.05, 4.69) is 38.3 Å². The molecule has 13 heavy (non-hydrogen) atoms. The van der Waals surface area contributed by atoms with E-state index in [9.17, 15) is 0 Å². The molecule has 0 amide bonds. The van der Waals surface area contributed by atoms with E-state index in [0.29, 0.717) is 6.04 Å². The van der Waals surface area contributed by atoms with Crippen molar-refractivity contribution in [2.75, 3.05) is 19.1 Å². The van der Waals surface area contributed by atoms with E-state index in [1.54, 1.807) is 11.3 Å². The Kier molecular flexibility index (Phi) is 5.39. The maximum atomic E-state index is 3.56. The Balaban J connectivity index is 2.61. The molecule has 1 atom stereocenters. The third-order valence-corrected chi connectivity index (χ3v) is 4.37. The molecule has 74 valence electrons. The third kappa shape index (κ3) is 3.27. The van der Waals surface area contributed by atoms with Crippen molar-refractivity contribution in [3.63, 3.8) is 0 Å². The monoisotopic (exact) mass is 279 g/mol. The van der Waals surface area contributed by atoms with E-state index < -0.39 is 0 Å². The van der Waals surface area contributed by atoms with Crippen molar-refractivity contribution in [2.24, 2.45) is 0 Å². The van der Waals surface area contributed by atoms with Gasteiger partial charge in [0, 0.05) is 15.9 Å². The van der Waals surface area contributed by atoms with E-state index >= 15 is 0 Å². The molecule has 0 aliphatic rings. The maximum Gasteiger partial charge on any atom is 0.0344 e. The Morgan fingerprint density at radius 2 is 2.38 bits per heavy atom. The van der Waals surface area contributed by atoms with Crippen LogP contribution in [0.2, 0.25) is 0 Å². The van der Waals surface area contributed by atoms with Crippen LogP contribution in [0, 0.1) is 0 Å². The summed E-state index contributed by atoms with van der Waals surface area (Å²) < 4.78 is 1.23. The Hall–Kier alpha value is 0.490. The second-order valence-electron chi connectivity index (χ2n) is 2.80. The molecule has 0 spiro atoms. The topological polar surface area (TPSA) is 12.0 Å². The largest absolute Gasteiger partial charge is 0.313 e. The zero-order chi connectivity index (χ0) is 9.68. The van der Waals surface area contributed by atoms with Gasteiger partial charge in [-0.05, 0) is 52.4 Å². The van der Waals surface area contributed by atoms with Gasteiger partial charge >= 0.3 is 0 Å². The fourth-order valence-electron chi connectivity index (χ4n) is 1.23. The van der Waals surface area contributed by atoms with E-state index in [-0.39, 0.29) is 0 Å². The summed E-state index contributed by atoms with van der Waals surface area (Å²) in [4.78, 5) is 0. The lowest BCUT2D eigenvalue weighted by atomic mass is 10.1. The number of hydrogen-bond donors (Lipinski definition) is 1. The van der Waals surface area contributed by atoms with E-state index in [1.165, 1.54) is 22.2 Å². The number of thioether (sulfide) groups is 1. The average molecular weight is 280 g/mol. The quantitative estimate of drug-likeness (QED) is 0.885. The van der Waals surface area contributed by atoms with Crippen molar-refractivity contribution in [1.29, 1.82) is 0 Å². The molecule has 0 saturated carbocycles. The van der Waals surface area contributed by atoms with Crippen molar-refractivity contribution in [3.8, 4) is 0 Å². The highest BCUT2D eigenvalue weighted by Crippen LogP contribution is 2.29. The van der Waals surface area contributed by atoms with Gasteiger partial charge < -0.3 is 5.32 Å². The van der Waals surface area contributed by atoms with E-state index in [4.69, 9.17) is 0 Å². The van der Waals surface area contributed by atoms with Crippen LogP contribution in [0.25, 0.3) is 0 Å². The number of halogens is 1. The maximum absolute atomic E-state index is 3.56. The first-order valence-corrected chi connectivity index (χ1v) is 7.30. The average Bonchev–Trinajstić information content (AvgIpc) is 2.54. The van der Waals surface area contributed by atoms with Crippen LogP contribution >= 0.6 is 39.0 Å². The highest BCUT2D eigenvalue weighted by molar-refractivity contribution is 9.10.